The van der Waals surface area contributed by atoms with E-state index in [0.717, 1.165) is 42.3 Å². The van der Waals surface area contributed by atoms with Crippen molar-refractivity contribution >= 4 is 11.0 Å². The van der Waals surface area contributed by atoms with Crippen molar-refractivity contribution in [1.29, 1.82) is 0 Å². The maximum absolute atomic E-state index is 5.88. The molecule has 0 bridgehead atoms. The molecule has 4 nitrogen and oxygen atoms in total. The van der Waals surface area contributed by atoms with Crippen molar-refractivity contribution < 1.29 is 4.74 Å². The lowest BCUT2D eigenvalue weighted by molar-refractivity contribution is 0.165. The second kappa shape index (κ2) is 8.57. The van der Waals surface area contributed by atoms with Gasteiger partial charge in [0.15, 0.2) is 0 Å². The lowest BCUT2D eigenvalue weighted by Crippen LogP contribution is -2.38. The molecule has 3 aromatic rings. The van der Waals surface area contributed by atoms with E-state index in [4.69, 9.17) is 4.74 Å². The minimum atomic E-state index is 0.540. The van der Waals surface area contributed by atoms with Gasteiger partial charge >= 0.3 is 0 Å². The van der Waals surface area contributed by atoms with Crippen molar-refractivity contribution in [3.8, 4) is 11.8 Å². The number of benzene rings is 2. The predicted octanol–water partition coefficient (Wildman–Crippen LogP) is 5.55. The molecule has 1 aliphatic rings. The number of rotatable bonds is 7. The number of hydrogen-bond donors (Lipinski definition) is 1. The second-order valence-electron chi connectivity index (χ2n) is 7.48. The first-order valence-electron chi connectivity index (χ1n) is 10.3. The average molecular weight is 364 g/mol. The van der Waals surface area contributed by atoms with Gasteiger partial charge in [-0.1, -0.05) is 50.5 Å². The molecule has 1 aliphatic carbocycles. The lowest BCUT2D eigenvalue weighted by Gasteiger charge is -2.33. The highest BCUT2D eigenvalue weighted by Gasteiger charge is 2.19. The van der Waals surface area contributed by atoms with Crippen LogP contribution >= 0.6 is 0 Å². The smallest absolute Gasteiger partial charge is 0.300 e. The molecule has 2 aromatic carbocycles. The molecule has 1 aromatic heterocycles. The van der Waals surface area contributed by atoms with Crippen LogP contribution < -0.4 is 4.74 Å². The Morgan fingerprint density at radius 2 is 1.81 bits per heavy atom. The summed E-state index contributed by atoms with van der Waals surface area (Å²) >= 11 is 0. The van der Waals surface area contributed by atoms with Crippen LogP contribution in [0.2, 0.25) is 0 Å². The van der Waals surface area contributed by atoms with Gasteiger partial charge in [-0.3, -0.25) is 0 Å². The van der Waals surface area contributed by atoms with E-state index in [0.29, 0.717) is 6.01 Å². The van der Waals surface area contributed by atoms with Gasteiger partial charge in [-0.15, -0.1) is 0 Å². The standard InChI is InChI=1S/C23H29N3O/c1-2-26(19-8-4-3-5-9-19)17-16-18-12-14-20(15-13-18)27-23-24-21-10-6-7-11-22(21)25-23/h6-7,10-15,19H,2-5,8-9,16-17H2,1H3,(H,24,25). The van der Waals surface area contributed by atoms with Gasteiger partial charge in [-0.2, -0.15) is 4.98 Å². The van der Waals surface area contributed by atoms with Crippen LogP contribution in [-0.2, 0) is 6.42 Å². The molecular weight excluding hydrogens is 334 g/mol. The average Bonchev–Trinajstić information content (AvgIpc) is 3.13. The monoisotopic (exact) mass is 363 g/mol. The fourth-order valence-corrected chi connectivity index (χ4v) is 4.13. The Morgan fingerprint density at radius 1 is 1.04 bits per heavy atom. The van der Waals surface area contributed by atoms with E-state index in [9.17, 15) is 0 Å². The topological polar surface area (TPSA) is 41.1 Å². The van der Waals surface area contributed by atoms with Gasteiger partial charge in [0.1, 0.15) is 5.75 Å². The first-order chi connectivity index (χ1) is 13.3. The van der Waals surface area contributed by atoms with E-state index >= 15 is 0 Å². The number of ether oxygens (including phenoxy) is 1. The summed E-state index contributed by atoms with van der Waals surface area (Å²) in [7, 11) is 0. The first kappa shape index (κ1) is 18.1. The fourth-order valence-electron chi connectivity index (χ4n) is 4.13. The van der Waals surface area contributed by atoms with Crippen LogP contribution in [0.3, 0.4) is 0 Å². The fraction of sp³-hybridized carbons (Fsp3) is 0.435. The van der Waals surface area contributed by atoms with E-state index < -0.39 is 0 Å². The summed E-state index contributed by atoms with van der Waals surface area (Å²) < 4.78 is 5.88. The van der Waals surface area contributed by atoms with Crippen molar-refractivity contribution in [3.63, 3.8) is 0 Å². The van der Waals surface area contributed by atoms with Crippen LogP contribution in [0.15, 0.2) is 48.5 Å². The molecule has 27 heavy (non-hydrogen) atoms. The van der Waals surface area contributed by atoms with Gasteiger partial charge in [0.25, 0.3) is 6.01 Å². The zero-order valence-electron chi connectivity index (χ0n) is 16.2. The highest BCUT2D eigenvalue weighted by Crippen LogP contribution is 2.24. The molecule has 0 saturated heterocycles. The molecule has 0 amide bonds. The molecule has 0 aliphatic heterocycles. The number of hydrogen-bond acceptors (Lipinski definition) is 3. The molecule has 1 N–H and O–H groups in total. The van der Waals surface area contributed by atoms with Crippen molar-refractivity contribution in [2.75, 3.05) is 13.1 Å². The number of fused-ring (bicyclic) bond motifs is 1. The summed E-state index contributed by atoms with van der Waals surface area (Å²) in [5, 5.41) is 0. The van der Waals surface area contributed by atoms with Crippen molar-refractivity contribution in [1.82, 2.24) is 14.9 Å². The number of nitrogens with one attached hydrogen (secondary N) is 1. The Balaban J connectivity index is 1.34. The van der Waals surface area contributed by atoms with Gasteiger partial charge in [0, 0.05) is 12.6 Å². The van der Waals surface area contributed by atoms with Crippen LogP contribution in [0.25, 0.3) is 11.0 Å². The molecule has 0 unspecified atom stereocenters. The molecule has 0 atom stereocenters. The SMILES string of the molecule is CCN(CCc1ccc(Oc2nc3ccccc3[nH]2)cc1)C1CCCCC1. The number of para-hydroxylation sites is 2. The quantitative estimate of drug-likeness (QED) is 0.598. The van der Waals surface area contributed by atoms with Crippen LogP contribution in [0.4, 0.5) is 0 Å². The van der Waals surface area contributed by atoms with Gasteiger partial charge in [0.2, 0.25) is 0 Å². The minimum Gasteiger partial charge on any atom is -0.426 e. The summed E-state index contributed by atoms with van der Waals surface area (Å²) in [6.45, 7) is 4.59. The van der Waals surface area contributed by atoms with E-state index in [1.807, 2.05) is 36.4 Å². The van der Waals surface area contributed by atoms with Crippen molar-refractivity contribution in [2.24, 2.45) is 0 Å². The lowest BCUT2D eigenvalue weighted by atomic mass is 9.94. The zero-order chi connectivity index (χ0) is 18.5. The van der Waals surface area contributed by atoms with E-state index in [1.54, 1.807) is 0 Å². The first-order valence-corrected chi connectivity index (χ1v) is 10.3. The van der Waals surface area contributed by atoms with Gasteiger partial charge in [-0.05, 0) is 55.6 Å². The third-order valence-corrected chi connectivity index (χ3v) is 5.69. The summed E-state index contributed by atoms with van der Waals surface area (Å²) in [4.78, 5) is 10.3. The molecule has 1 fully saturated rings. The maximum Gasteiger partial charge on any atom is 0.300 e. The molecule has 1 saturated carbocycles. The highest BCUT2D eigenvalue weighted by molar-refractivity contribution is 5.75. The number of aromatic amines is 1. The summed E-state index contributed by atoms with van der Waals surface area (Å²) in [5.41, 5.74) is 3.28. The third kappa shape index (κ3) is 4.51. The van der Waals surface area contributed by atoms with Gasteiger partial charge < -0.3 is 14.6 Å². The Morgan fingerprint density at radius 3 is 2.56 bits per heavy atom. The predicted molar refractivity (Wildman–Crippen MR) is 110 cm³/mol. The number of nitrogens with zero attached hydrogens (tertiary/aromatic N) is 2. The molecule has 0 spiro atoms. The number of aromatic nitrogens is 2. The normalized spacial score (nSPS) is 15.5. The highest BCUT2D eigenvalue weighted by atomic mass is 16.5. The third-order valence-electron chi connectivity index (χ3n) is 5.69. The number of H-pyrrole nitrogens is 1. The second-order valence-corrected chi connectivity index (χ2v) is 7.48. The van der Waals surface area contributed by atoms with E-state index in [2.05, 4.69) is 33.9 Å². The minimum absolute atomic E-state index is 0.540. The van der Waals surface area contributed by atoms with Crippen LogP contribution in [0, 0.1) is 0 Å². The summed E-state index contributed by atoms with van der Waals surface area (Å²) in [6.07, 6.45) is 8.05. The molecule has 142 valence electrons. The van der Waals surface area contributed by atoms with Gasteiger partial charge in [-0.25, -0.2) is 0 Å². The van der Waals surface area contributed by atoms with E-state index in [1.165, 1.54) is 37.7 Å². The van der Waals surface area contributed by atoms with Crippen LogP contribution in [-0.4, -0.2) is 34.0 Å². The number of imidazole rings is 1. The Hall–Kier alpha value is -2.33. The Labute approximate surface area is 161 Å². The Kier molecular flexibility index (Phi) is 5.73. The summed E-state index contributed by atoms with van der Waals surface area (Å²) in [6, 6.07) is 17.7. The van der Waals surface area contributed by atoms with E-state index in [-0.39, 0.29) is 0 Å². The van der Waals surface area contributed by atoms with Gasteiger partial charge in [0.05, 0.1) is 11.0 Å². The molecule has 0 radical (unpaired) electrons. The van der Waals surface area contributed by atoms with Crippen molar-refractivity contribution in [2.45, 2.75) is 51.5 Å². The van der Waals surface area contributed by atoms with Crippen LogP contribution in [0.1, 0.15) is 44.6 Å². The largest absolute Gasteiger partial charge is 0.426 e. The maximum atomic E-state index is 5.88. The molecule has 1 heterocycles. The zero-order valence-corrected chi connectivity index (χ0v) is 16.2. The summed E-state index contributed by atoms with van der Waals surface area (Å²) in [5.74, 6) is 0.817. The van der Waals surface area contributed by atoms with Crippen LogP contribution in [0.5, 0.6) is 11.8 Å². The molecular formula is C23H29N3O. The number of likely N-dealkylation sites (N-methyl/N-ethyl adjacent to an activating group) is 1. The van der Waals surface area contributed by atoms with Crippen molar-refractivity contribution in [3.05, 3.63) is 54.1 Å². The molecule has 4 heteroatoms. The Bertz CT molecular complexity index is 816. The molecule has 4 rings (SSSR count).